The lowest BCUT2D eigenvalue weighted by Gasteiger charge is -2.17. The van der Waals surface area contributed by atoms with Gasteiger partial charge in [0.05, 0.1) is 11.3 Å². The Balaban J connectivity index is 1.84. The van der Waals surface area contributed by atoms with E-state index in [4.69, 9.17) is 16.0 Å². The van der Waals surface area contributed by atoms with Crippen molar-refractivity contribution < 1.29 is 23.0 Å². The van der Waals surface area contributed by atoms with E-state index in [2.05, 4.69) is 10.1 Å². The minimum Gasteiger partial charge on any atom is -0.467 e. The summed E-state index contributed by atoms with van der Waals surface area (Å²) in [5.41, 5.74) is 0.830. The van der Waals surface area contributed by atoms with Crippen LogP contribution in [0.1, 0.15) is 30.8 Å². The molecule has 0 aliphatic carbocycles. The van der Waals surface area contributed by atoms with Crippen LogP contribution in [0.4, 0.5) is 8.78 Å². The number of rotatable bonds is 8. The number of alkyl halides is 2. The summed E-state index contributed by atoms with van der Waals surface area (Å²) >= 11 is 5.90. The van der Waals surface area contributed by atoms with E-state index in [-0.39, 0.29) is 16.8 Å². The lowest BCUT2D eigenvalue weighted by Crippen LogP contribution is -2.27. The van der Waals surface area contributed by atoms with Crippen LogP contribution in [0.5, 0.6) is 5.75 Å². The van der Waals surface area contributed by atoms with Crippen LogP contribution >= 0.6 is 11.6 Å². The Hall–Kier alpha value is -1.63. The summed E-state index contributed by atoms with van der Waals surface area (Å²) in [5, 5.41) is 13.4. The average Bonchev–Trinajstić information content (AvgIpc) is 3.01. The van der Waals surface area contributed by atoms with E-state index in [1.807, 2.05) is 6.92 Å². The first-order valence-corrected chi connectivity index (χ1v) is 7.51. The van der Waals surface area contributed by atoms with Crippen molar-refractivity contribution in [2.45, 2.75) is 38.6 Å². The van der Waals surface area contributed by atoms with E-state index < -0.39 is 12.7 Å². The Bertz CT molecular complexity index is 607. The summed E-state index contributed by atoms with van der Waals surface area (Å²) in [6.07, 6.45) is 1.31. The first kappa shape index (κ1) is 17.7. The molecule has 23 heavy (non-hydrogen) atoms. The van der Waals surface area contributed by atoms with E-state index in [1.54, 1.807) is 24.3 Å². The first-order chi connectivity index (χ1) is 11.0. The van der Waals surface area contributed by atoms with Crippen molar-refractivity contribution in [3.63, 3.8) is 0 Å². The van der Waals surface area contributed by atoms with Gasteiger partial charge in [-0.3, -0.25) is 0 Å². The smallest absolute Gasteiger partial charge is 0.387 e. The summed E-state index contributed by atoms with van der Waals surface area (Å²) in [4.78, 5) is 0. The van der Waals surface area contributed by atoms with Gasteiger partial charge in [-0.05, 0) is 43.2 Å². The number of nitrogens with one attached hydrogen (secondary N) is 1. The summed E-state index contributed by atoms with van der Waals surface area (Å²) in [7, 11) is 0. The van der Waals surface area contributed by atoms with Crippen LogP contribution in [0, 0.1) is 0 Å². The van der Waals surface area contributed by atoms with E-state index >= 15 is 0 Å². The summed E-state index contributed by atoms with van der Waals surface area (Å²) in [5.74, 6) is 0.474. The van der Waals surface area contributed by atoms with Gasteiger partial charge >= 0.3 is 6.61 Å². The second kappa shape index (κ2) is 8.29. The molecule has 2 unspecified atom stereocenters. The number of ether oxygens (including phenoxy) is 1. The molecule has 4 nitrogen and oxygen atoms in total. The fourth-order valence-electron chi connectivity index (χ4n) is 2.15. The molecule has 1 aromatic carbocycles. The average molecular weight is 346 g/mol. The molecule has 2 atom stereocenters. The molecule has 0 radical (unpaired) electrons. The summed E-state index contributed by atoms with van der Waals surface area (Å²) in [6, 6.07) is 8.11. The Kier molecular flexibility index (Phi) is 6.38. The molecule has 0 saturated carbocycles. The van der Waals surface area contributed by atoms with Crippen LogP contribution in [-0.4, -0.2) is 17.8 Å². The van der Waals surface area contributed by atoms with Crippen molar-refractivity contribution in [2.75, 3.05) is 0 Å². The van der Waals surface area contributed by atoms with E-state index in [0.29, 0.717) is 18.7 Å². The molecule has 1 heterocycles. The fraction of sp³-hybridized carbons (Fsp3) is 0.375. The van der Waals surface area contributed by atoms with Gasteiger partial charge in [0, 0.05) is 12.6 Å². The molecule has 2 aromatic rings. The zero-order valence-electron chi connectivity index (χ0n) is 12.5. The van der Waals surface area contributed by atoms with Gasteiger partial charge in [-0.25, -0.2) is 0 Å². The molecular weight excluding hydrogens is 328 g/mol. The quantitative estimate of drug-likeness (QED) is 0.755. The maximum atomic E-state index is 12.2. The number of aliphatic hydroxyl groups is 1. The zero-order valence-corrected chi connectivity index (χ0v) is 13.3. The normalized spacial score (nSPS) is 14.0. The predicted octanol–water partition coefficient (Wildman–Crippen LogP) is 4.14. The topological polar surface area (TPSA) is 54.6 Å². The molecule has 0 aliphatic rings. The van der Waals surface area contributed by atoms with E-state index in [9.17, 15) is 13.9 Å². The predicted molar refractivity (Wildman–Crippen MR) is 82.7 cm³/mol. The van der Waals surface area contributed by atoms with Gasteiger partial charge in [0.15, 0.2) is 0 Å². The molecule has 0 amide bonds. The molecule has 0 saturated heterocycles. The molecule has 7 heteroatoms. The monoisotopic (exact) mass is 345 g/mol. The standard InChI is InChI=1S/C16H18ClF2NO3/c1-10(7-13(21)15-3-2-6-22-15)20-9-11-4-5-14(12(17)8-11)23-16(18)19/h2-6,8,10,13,16,20-21H,7,9H2,1H3. The molecule has 0 spiro atoms. The lowest BCUT2D eigenvalue weighted by molar-refractivity contribution is -0.0497. The van der Waals surface area contributed by atoms with Gasteiger partial charge in [0.1, 0.15) is 17.6 Å². The largest absolute Gasteiger partial charge is 0.467 e. The van der Waals surface area contributed by atoms with Crippen molar-refractivity contribution >= 4 is 11.6 Å². The second-order valence-corrected chi connectivity index (χ2v) is 5.60. The number of benzene rings is 1. The Morgan fingerprint density at radius 3 is 2.74 bits per heavy atom. The van der Waals surface area contributed by atoms with Crippen LogP contribution in [0.25, 0.3) is 0 Å². The maximum Gasteiger partial charge on any atom is 0.387 e. The number of halogens is 3. The van der Waals surface area contributed by atoms with Gasteiger partial charge in [0.25, 0.3) is 0 Å². The van der Waals surface area contributed by atoms with Crippen LogP contribution in [0.15, 0.2) is 41.0 Å². The van der Waals surface area contributed by atoms with Gasteiger partial charge in [-0.1, -0.05) is 17.7 Å². The Labute approximate surface area is 138 Å². The number of aliphatic hydroxyl groups excluding tert-OH is 1. The van der Waals surface area contributed by atoms with Crippen molar-refractivity contribution in [3.05, 3.63) is 52.9 Å². The van der Waals surface area contributed by atoms with Crippen molar-refractivity contribution in [3.8, 4) is 5.75 Å². The van der Waals surface area contributed by atoms with Gasteiger partial charge in [-0.2, -0.15) is 8.78 Å². The molecule has 126 valence electrons. The highest BCUT2D eigenvalue weighted by atomic mass is 35.5. The van der Waals surface area contributed by atoms with Crippen LogP contribution in [-0.2, 0) is 6.54 Å². The van der Waals surface area contributed by atoms with E-state index in [0.717, 1.165) is 5.56 Å². The highest BCUT2D eigenvalue weighted by Gasteiger charge is 2.15. The number of hydrogen-bond donors (Lipinski definition) is 2. The lowest BCUT2D eigenvalue weighted by atomic mass is 10.1. The minimum atomic E-state index is -2.90. The number of furan rings is 1. The van der Waals surface area contributed by atoms with Gasteiger partial charge < -0.3 is 19.6 Å². The second-order valence-electron chi connectivity index (χ2n) is 5.19. The van der Waals surface area contributed by atoms with Crippen molar-refractivity contribution in [1.82, 2.24) is 5.32 Å². The van der Waals surface area contributed by atoms with Crippen LogP contribution in [0.3, 0.4) is 0 Å². The summed E-state index contributed by atoms with van der Waals surface area (Å²) < 4.78 is 33.8. The Morgan fingerprint density at radius 1 is 1.35 bits per heavy atom. The third-order valence-electron chi connectivity index (χ3n) is 3.32. The van der Waals surface area contributed by atoms with E-state index in [1.165, 1.54) is 12.3 Å². The highest BCUT2D eigenvalue weighted by Crippen LogP contribution is 2.27. The SMILES string of the molecule is CC(CC(O)c1ccco1)NCc1ccc(OC(F)F)c(Cl)c1. The Morgan fingerprint density at radius 2 is 2.13 bits per heavy atom. The highest BCUT2D eigenvalue weighted by molar-refractivity contribution is 6.32. The molecule has 2 N–H and O–H groups in total. The third-order valence-corrected chi connectivity index (χ3v) is 3.61. The molecule has 0 fully saturated rings. The molecule has 0 bridgehead atoms. The molecule has 0 aliphatic heterocycles. The van der Waals surface area contributed by atoms with Crippen LogP contribution < -0.4 is 10.1 Å². The molecular formula is C16H18ClF2NO3. The van der Waals surface area contributed by atoms with Crippen molar-refractivity contribution in [2.24, 2.45) is 0 Å². The minimum absolute atomic E-state index is 0.0193. The number of hydrogen-bond acceptors (Lipinski definition) is 4. The first-order valence-electron chi connectivity index (χ1n) is 7.13. The third kappa shape index (κ3) is 5.49. The van der Waals surface area contributed by atoms with Crippen molar-refractivity contribution in [1.29, 1.82) is 0 Å². The fourth-order valence-corrected chi connectivity index (χ4v) is 2.40. The summed E-state index contributed by atoms with van der Waals surface area (Å²) in [6.45, 7) is -0.484. The zero-order chi connectivity index (χ0) is 16.8. The van der Waals surface area contributed by atoms with Gasteiger partial charge in [0.2, 0.25) is 0 Å². The van der Waals surface area contributed by atoms with Crippen LogP contribution in [0.2, 0.25) is 5.02 Å². The maximum absolute atomic E-state index is 12.2. The molecule has 1 aromatic heterocycles. The molecule has 2 rings (SSSR count). The van der Waals surface area contributed by atoms with Gasteiger partial charge in [-0.15, -0.1) is 0 Å².